The monoisotopic (exact) mass is 414 g/mol. The van der Waals surface area contributed by atoms with Crippen molar-refractivity contribution >= 4 is 8.32 Å². The molecule has 0 aromatic rings. The molecule has 0 aromatic carbocycles. The van der Waals surface area contributed by atoms with E-state index in [1.165, 1.54) is 0 Å². The van der Waals surface area contributed by atoms with Crippen LogP contribution in [0.3, 0.4) is 0 Å². The van der Waals surface area contributed by atoms with E-state index in [-0.39, 0.29) is 0 Å². The average Bonchev–Trinajstić information content (AvgIpc) is 2.60. The Labute approximate surface area is 157 Å². The van der Waals surface area contributed by atoms with Crippen molar-refractivity contribution in [3.8, 4) is 0 Å². The molecule has 2 saturated heterocycles. The van der Waals surface area contributed by atoms with Gasteiger partial charge in [-0.05, 0) is 19.6 Å². The van der Waals surface area contributed by atoms with E-state index in [4.69, 9.17) is 18.6 Å². The molecule has 2 aliphatic heterocycles. The summed E-state index contributed by atoms with van der Waals surface area (Å²) in [6.07, 6.45) is -14.3. The molecule has 7 N–H and O–H groups in total. The Hall–Kier alpha value is -0.223. The highest BCUT2D eigenvalue weighted by molar-refractivity contribution is 6.69. The second-order valence-electron chi connectivity index (χ2n) is 7.73. The fourth-order valence-electron chi connectivity index (χ4n) is 3.00. The van der Waals surface area contributed by atoms with Crippen LogP contribution in [0.2, 0.25) is 19.6 Å². The lowest BCUT2D eigenvalue weighted by Crippen LogP contribution is -2.65. The third-order valence-corrected chi connectivity index (χ3v) is 5.37. The van der Waals surface area contributed by atoms with Crippen molar-refractivity contribution in [3.05, 3.63) is 0 Å². The van der Waals surface area contributed by atoms with Gasteiger partial charge in [0.1, 0.15) is 48.8 Å². The standard InChI is InChI=1S/C15H30O11Si/c1-27(2,3)26-15-12(22)10(20)13(7(5-17)24-15)25-14-11(21)9(19)8(18)6(4-16)23-14/h6-22H,4-5H2,1-3H3/t6-,7-,8+,9+,10-,11-,12-,13-,14+,15?/m1/s1. The zero-order valence-corrected chi connectivity index (χ0v) is 16.5. The molecule has 0 aromatic heterocycles. The van der Waals surface area contributed by atoms with E-state index in [9.17, 15) is 35.7 Å². The van der Waals surface area contributed by atoms with Gasteiger partial charge in [0.2, 0.25) is 0 Å². The molecule has 11 nitrogen and oxygen atoms in total. The van der Waals surface area contributed by atoms with Crippen LogP contribution in [-0.4, -0.2) is 119 Å². The van der Waals surface area contributed by atoms with Crippen LogP contribution in [0.15, 0.2) is 0 Å². The third-order valence-electron chi connectivity index (χ3n) is 4.43. The first-order chi connectivity index (χ1) is 12.5. The first-order valence-corrected chi connectivity index (χ1v) is 12.2. The Morgan fingerprint density at radius 1 is 0.704 bits per heavy atom. The Kier molecular flexibility index (Phi) is 7.74. The SMILES string of the molecule is C[Si](C)(C)OC1O[C@H](CO)[C@@H](O[C@@H]2O[C@H](CO)[C@H](O)[C@H](O)[C@H]2O)[C@H](O)[C@H]1O. The Bertz CT molecular complexity index is 471. The van der Waals surface area contributed by atoms with Gasteiger partial charge in [0.05, 0.1) is 13.2 Å². The molecule has 0 bridgehead atoms. The highest BCUT2D eigenvalue weighted by Gasteiger charge is 2.51. The van der Waals surface area contributed by atoms with Crippen LogP contribution in [0.1, 0.15) is 0 Å². The molecule has 2 heterocycles. The van der Waals surface area contributed by atoms with E-state index in [0.717, 1.165) is 0 Å². The Balaban J connectivity index is 2.12. The first kappa shape index (κ1) is 23.1. The number of aliphatic hydroxyl groups is 7. The van der Waals surface area contributed by atoms with Crippen LogP contribution in [0.5, 0.6) is 0 Å². The average molecular weight is 414 g/mol. The lowest BCUT2D eigenvalue weighted by atomic mass is 9.97. The zero-order chi connectivity index (χ0) is 20.5. The van der Waals surface area contributed by atoms with E-state index in [1.54, 1.807) is 0 Å². The van der Waals surface area contributed by atoms with Crippen molar-refractivity contribution in [2.24, 2.45) is 0 Å². The maximum Gasteiger partial charge on any atom is 0.187 e. The molecule has 2 rings (SSSR count). The van der Waals surface area contributed by atoms with Gasteiger partial charge >= 0.3 is 0 Å². The molecule has 0 radical (unpaired) electrons. The van der Waals surface area contributed by atoms with Crippen molar-refractivity contribution in [2.75, 3.05) is 13.2 Å². The van der Waals surface area contributed by atoms with Gasteiger partial charge < -0.3 is 54.4 Å². The van der Waals surface area contributed by atoms with Gasteiger partial charge in [-0.2, -0.15) is 0 Å². The van der Waals surface area contributed by atoms with Crippen molar-refractivity contribution in [1.29, 1.82) is 0 Å². The third kappa shape index (κ3) is 5.23. The molecule has 1 unspecified atom stereocenters. The van der Waals surface area contributed by atoms with E-state index in [2.05, 4.69) is 0 Å². The lowest BCUT2D eigenvalue weighted by molar-refractivity contribution is -0.353. The minimum atomic E-state index is -2.14. The van der Waals surface area contributed by atoms with Gasteiger partial charge in [0, 0.05) is 0 Å². The van der Waals surface area contributed by atoms with Gasteiger partial charge in [0.25, 0.3) is 0 Å². The number of aliphatic hydroxyl groups excluding tert-OH is 7. The van der Waals surface area contributed by atoms with Crippen molar-refractivity contribution in [3.63, 3.8) is 0 Å². The van der Waals surface area contributed by atoms with Gasteiger partial charge in [-0.3, -0.25) is 0 Å². The fourth-order valence-corrected chi connectivity index (χ4v) is 3.89. The summed E-state index contributed by atoms with van der Waals surface area (Å²) in [7, 11) is -2.14. The predicted molar refractivity (Wildman–Crippen MR) is 90.8 cm³/mol. The van der Waals surface area contributed by atoms with Gasteiger partial charge in [-0.25, -0.2) is 0 Å². The van der Waals surface area contributed by atoms with Gasteiger partial charge in [-0.1, -0.05) is 0 Å². The van der Waals surface area contributed by atoms with Crippen LogP contribution in [0.4, 0.5) is 0 Å². The fraction of sp³-hybridized carbons (Fsp3) is 1.00. The number of hydrogen-bond donors (Lipinski definition) is 7. The smallest absolute Gasteiger partial charge is 0.187 e. The van der Waals surface area contributed by atoms with Crippen LogP contribution in [-0.2, 0) is 18.6 Å². The molecule has 0 amide bonds. The lowest BCUT2D eigenvalue weighted by Gasteiger charge is -2.46. The minimum absolute atomic E-state index is 0.586. The molecule has 0 spiro atoms. The van der Waals surface area contributed by atoms with Crippen molar-refractivity contribution in [1.82, 2.24) is 0 Å². The molecule has 160 valence electrons. The van der Waals surface area contributed by atoms with Crippen LogP contribution < -0.4 is 0 Å². The maximum absolute atomic E-state index is 10.4. The summed E-state index contributed by atoms with van der Waals surface area (Å²) in [5.41, 5.74) is 0. The maximum atomic E-state index is 10.4. The largest absolute Gasteiger partial charge is 0.394 e. The molecular formula is C15H30O11Si. The van der Waals surface area contributed by atoms with E-state index >= 15 is 0 Å². The minimum Gasteiger partial charge on any atom is -0.394 e. The van der Waals surface area contributed by atoms with E-state index < -0.39 is 82.9 Å². The summed E-state index contributed by atoms with van der Waals surface area (Å²) in [5, 5.41) is 69.2. The molecule has 2 aliphatic rings. The molecule has 10 atom stereocenters. The predicted octanol–water partition coefficient (Wildman–Crippen LogP) is -3.54. The molecule has 12 heteroatoms. The normalized spacial score (nSPS) is 46.4. The summed E-state index contributed by atoms with van der Waals surface area (Å²) >= 11 is 0. The zero-order valence-electron chi connectivity index (χ0n) is 15.5. The molecule has 0 aliphatic carbocycles. The Morgan fingerprint density at radius 2 is 1.22 bits per heavy atom. The van der Waals surface area contributed by atoms with Gasteiger partial charge in [-0.15, -0.1) is 0 Å². The van der Waals surface area contributed by atoms with Crippen molar-refractivity contribution in [2.45, 2.75) is 81.1 Å². The van der Waals surface area contributed by atoms with Crippen molar-refractivity contribution < 1.29 is 54.4 Å². The number of ether oxygens (including phenoxy) is 3. The topological polar surface area (TPSA) is 179 Å². The van der Waals surface area contributed by atoms with Gasteiger partial charge in [0.15, 0.2) is 20.9 Å². The highest BCUT2D eigenvalue weighted by Crippen LogP contribution is 2.30. The first-order valence-electron chi connectivity index (χ1n) is 8.76. The highest BCUT2D eigenvalue weighted by atomic mass is 28.4. The summed E-state index contributed by atoms with van der Waals surface area (Å²) in [5.74, 6) is 0. The van der Waals surface area contributed by atoms with Crippen LogP contribution in [0, 0.1) is 0 Å². The molecule has 0 saturated carbocycles. The molecule has 2 fully saturated rings. The number of hydrogen-bond acceptors (Lipinski definition) is 11. The summed E-state index contributed by atoms with van der Waals surface area (Å²) < 4.78 is 21.9. The second-order valence-corrected chi connectivity index (χ2v) is 12.2. The second kappa shape index (κ2) is 9.07. The van der Waals surface area contributed by atoms with Crippen LogP contribution in [0.25, 0.3) is 0 Å². The quantitative estimate of drug-likeness (QED) is 0.214. The number of rotatable bonds is 6. The summed E-state index contributed by atoms with van der Waals surface area (Å²) in [6.45, 7) is 4.35. The summed E-state index contributed by atoms with van der Waals surface area (Å²) in [6, 6.07) is 0. The van der Waals surface area contributed by atoms with E-state index in [0.29, 0.717) is 0 Å². The Morgan fingerprint density at radius 3 is 1.74 bits per heavy atom. The van der Waals surface area contributed by atoms with E-state index in [1.807, 2.05) is 19.6 Å². The summed E-state index contributed by atoms with van der Waals surface area (Å²) in [4.78, 5) is 0. The molecule has 27 heavy (non-hydrogen) atoms. The molecular weight excluding hydrogens is 384 g/mol. The van der Waals surface area contributed by atoms with Crippen LogP contribution >= 0.6 is 0 Å².